The van der Waals surface area contributed by atoms with Crippen LogP contribution in [0.1, 0.15) is 91.6 Å². The minimum absolute atomic E-state index is 0.130. The highest BCUT2D eigenvalue weighted by atomic mass is 15.1. The maximum Gasteiger partial charge on any atom is 0.165 e. The Morgan fingerprint density at radius 1 is 0.194 bits per heavy atom. The molecule has 15 heteroatoms. The van der Waals surface area contributed by atoms with E-state index in [2.05, 4.69) is 274 Å². The first-order valence-corrected chi connectivity index (χ1v) is 48.3. The van der Waals surface area contributed by atoms with Gasteiger partial charge in [-0.1, -0.05) is 375 Å². The molecular weight excluding hydrogens is 1760 g/mol. The van der Waals surface area contributed by atoms with Crippen LogP contribution in [-0.2, 0) is 16.2 Å². The summed E-state index contributed by atoms with van der Waals surface area (Å²) in [5.74, 6) is 4.76. The Balaban J connectivity index is 0.000000113. The molecule has 15 nitrogen and oxygen atoms in total. The molecule has 3 aliphatic rings. The van der Waals surface area contributed by atoms with Gasteiger partial charge in [0.1, 0.15) is 0 Å². The molecule has 144 heavy (non-hydrogen) atoms. The molecule has 3 aliphatic carbocycles. The maximum absolute atomic E-state index is 10.6. The van der Waals surface area contributed by atoms with E-state index in [0.29, 0.717) is 85.8 Å². The predicted molar refractivity (Wildman–Crippen MR) is 578 cm³/mol. The number of nitrogens with zero attached hydrogens (tertiary/aromatic N) is 15. The van der Waals surface area contributed by atoms with Crippen LogP contribution in [0.5, 0.6) is 0 Å². The van der Waals surface area contributed by atoms with Gasteiger partial charge in [0.15, 0.2) is 52.4 Å². The van der Waals surface area contributed by atoms with Crippen molar-refractivity contribution in [2.24, 2.45) is 0 Å². The smallest absolute Gasteiger partial charge is 0.165 e. The predicted octanol–water partition coefficient (Wildman–Crippen LogP) is 30.4. The van der Waals surface area contributed by atoms with Crippen LogP contribution in [0.25, 0.3) is 218 Å². The highest BCUT2D eigenvalue weighted by molar-refractivity contribution is 6.17. The van der Waals surface area contributed by atoms with Gasteiger partial charge in [0.2, 0.25) is 0 Å². The second-order valence-electron chi connectivity index (χ2n) is 38.4. The normalized spacial score (nSPS) is 12.9. The summed E-state index contributed by atoms with van der Waals surface area (Å²) in [5.41, 5.74) is 33.4. The van der Waals surface area contributed by atoms with Crippen molar-refractivity contribution in [3.63, 3.8) is 0 Å². The molecule has 18 aromatic carbocycles. The Morgan fingerprint density at radius 3 is 0.889 bits per heavy atom. The molecule has 678 valence electrons. The first-order valence-electron chi connectivity index (χ1n) is 48.3. The topological polar surface area (TPSA) is 202 Å². The van der Waals surface area contributed by atoms with Gasteiger partial charge >= 0.3 is 0 Å². The molecule has 0 spiro atoms. The molecule has 0 N–H and O–H groups in total. The lowest BCUT2D eigenvalue weighted by Crippen LogP contribution is -2.16. The molecule has 0 saturated heterocycles. The van der Waals surface area contributed by atoms with Gasteiger partial charge in [-0.3, -0.25) is 0 Å². The average Bonchev–Trinajstić information content (AvgIpc) is 1.54. The molecule has 0 aliphatic heterocycles. The third kappa shape index (κ3) is 14.2. The minimum atomic E-state index is -0.206. The van der Waals surface area contributed by atoms with E-state index < -0.39 is 0 Å². The molecule has 24 aromatic rings. The monoisotopic (exact) mass is 1850 g/mol. The van der Waals surface area contributed by atoms with Gasteiger partial charge in [0.25, 0.3) is 0 Å². The number of para-hydroxylation sites is 3. The van der Waals surface area contributed by atoms with E-state index in [-0.39, 0.29) is 16.2 Å². The Labute approximate surface area is 831 Å². The van der Waals surface area contributed by atoms with E-state index in [4.69, 9.17) is 44.9 Å². The lowest BCUT2D eigenvalue weighted by Gasteiger charge is -2.23. The molecule has 0 amide bonds. The van der Waals surface area contributed by atoms with Gasteiger partial charge in [-0.2, -0.15) is 15.8 Å². The van der Waals surface area contributed by atoms with E-state index in [0.717, 1.165) is 78.0 Å². The Kier molecular flexibility index (Phi) is 20.7. The number of nitriles is 3. The quantitative estimate of drug-likeness (QED) is 0.112. The van der Waals surface area contributed by atoms with Gasteiger partial charge in [-0.25, -0.2) is 44.9 Å². The fraction of sp³-hybridized carbons (Fsp3) is 0.0698. The lowest BCUT2D eigenvalue weighted by molar-refractivity contribution is 0.660. The van der Waals surface area contributed by atoms with Crippen molar-refractivity contribution < 1.29 is 0 Å². The number of fused-ring (bicyclic) bond motifs is 20. The van der Waals surface area contributed by atoms with Gasteiger partial charge in [-0.05, 0) is 146 Å². The van der Waals surface area contributed by atoms with Crippen LogP contribution in [0, 0.1) is 34.0 Å². The van der Waals surface area contributed by atoms with Crippen LogP contribution in [0.2, 0.25) is 0 Å². The van der Waals surface area contributed by atoms with E-state index in [1.54, 1.807) is 0 Å². The van der Waals surface area contributed by atoms with Crippen molar-refractivity contribution >= 4 is 65.4 Å². The largest absolute Gasteiger partial charge is 0.309 e. The fourth-order valence-corrected chi connectivity index (χ4v) is 22.2. The second kappa shape index (κ2) is 34.5. The summed E-state index contributed by atoms with van der Waals surface area (Å²) in [7, 11) is 0. The summed E-state index contributed by atoms with van der Waals surface area (Å²) in [6.07, 6.45) is 0. The molecule has 6 aromatic heterocycles. The van der Waals surface area contributed by atoms with Crippen LogP contribution >= 0.6 is 0 Å². The van der Waals surface area contributed by atoms with Crippen molar-refractivity contribution in [2.45, 2.75) is 57.8 Å². The zero-order chi connectivity index (χ0) is 97.2. The zero-order valence-corrected chi connectivity index (χ0v) is 79.5. The van der Waals surface area contributed by atoms with Crippen molar-refractivity contribution in [3.8, 4) is 171 Å². The Morgan fingerprint density at radius 2 is 0.486 bits per heavy atom. The number of aromatic nitrogens is 12. The fourth-order valence-electron chi connectivity index (χ4n) is 22.2. The summed E-state index contributed by atoms with van der Waals surface area (Å²) < 4.78 is 6.94. The van der Waals surface area contributed by atoms with Crippen LogP contribution in [0.15, 0.2) is 419 Å². The minimum Gasteiger partial charge on any atom is -0.309 e. The van der Waals surface area contributed by atoms with Crippen LogP contribution in [-0.4, -0.2) is 58.6 Å². The van der Waals surface area contributed by atoms with Crippen LogP contribution in [0.4, 0.5) is 0 Å². The molecular formula is C129H87N15. The zero-order valence-electron chi connectivity index (χ0n) is 79.5. The van der Waals surface area contributed by atoms with Gasteiger partial charge in [-0.15, -0.1) is 0 Å². The highest BCUT2D eigenvalue weighted by Crippen LogP contribution is 2.57. The Hall–Kier alpha value is -19.1. The number of rotatable bonds is 12. The Bertz CT molecular complexity index is 9320. The molecule has 0 unspecified atom stereocenters. The first kappa shape index (κ1) is 86.4. The molecule has 0 saturated carbocycles. The van der Waals surface area contributed by atoms with Crippen LogP contribution < -0.4 is 0 Å². The first-order chi connectivity index (χ1) is 70.6. The SMILES string of the molecule is CC1(C)c2ccccc2-c2c1ccc1c3ccccc3n(-c3ccc(-c4nc(-c5ccccc5)nc(-c5ccccc5)n4)c(C#N)c3)c21.CC1(C)c2ccccc2-c2cc3c4ccccc4n(-c4ccc(-c5nc(-c6ccccc6)nc(-c6ccccc6)n5)c(C#N)c4)c3cc21.CC1(C)c2ccccc2-c2ccc3c4ccccc4n(-c4ccc(-c5nc(-c6ccccc6)nc(-c6ccccc6)n5)c(C#N)c4)c3c21. The summed E-state index contributed by atoms with van der Waals surface area (Å²) >= 11 is 0. The molecule has 0 atom stereocenters. The molecule has 27 rings (SSSR count). The summed E-state index contributed by atoms with van der Waals surface area (Å²) in [6.45, 7) is 13.9. The van der Waals surface area contributed by atoms with E-state index in [1.165, 1.54) is 105 Å². The molecule has 0 fully saturated rings. The number of benzene rings is 18. The standard InChI is InChI=1S/3C43H29N5/c1-43(2)35-19-11-9-18-34(35)38-36(43)24-23-33-32-17-10-12-20-37(32)48(39(33)38)30-21-22-31(29(25-30)26-44)42-46-40(27-13-5-3-6-14-27)45-41(47-42)28-15-7-4-8-16-28;1-43(2)36-19-11-9-17-32(36)34-24-35-33-18-10-12-20-38(33)48(39(35)25-37(34)43)30-21-22-31(29(23-30)26-44)42-46-40(27-13-5-3-6-14-27)45-41(47-42)28-15-7-4-8-16-28;1-43(2)36-19-11-9-17-32(36)34-23-24-35-33-18-10-12-20-37(33)48(39(35)38(34)43)30-21-22-31(29(25-30)26-44)42-46-40(27-13-5-3-6-14-27)45-41(47-42)28-15-7-4-8-16-28/h3*3-25H,1-2H3. The molecule has 6 heterocycles. The van der Waals surface area contributed by atoms with Crippen molar-refractivity contribution in [3.05, 3.63) is 469 Å². The molecule has 0 bridgehead atoms. The average molecular weight is 1850 g/mol. The third-order valence-electron chi connectivity index (χ3n) is 29.1. The molecule has 0 radical (unpaired) electrons. The highest BCUT2D eigenvalue weighted by Gasteiger charge is 2.42. The summed E-state index contributed by atoms with van der Waals surface area (Å²) in [6, 6.07) is 150. The number of hydrogen-bond donors (Lipinski definition) is 0. The summed E-state index contributed by atoms with van der Waals surface area (Å²) in [5, 5.41) is 38.9. The van der Waals surface area contributed by atoms with Crippen molar-refractivity contribution in [2.75, 3.05) is 0 Å². The van der Waals surface area contributed by atoms with Crippen molar-refractivity contribution in [1.82, 2.24) is 58.6 Å². The van der Waals surface area contributed by atoms with Crippen molar-refractivity contribution in [1.29, 1.82) is 15.8 Å². The maximum atomic E-state index is 10.6. The van der Waals surface area contributed by atoms with E-state index in [1.807, 2.05) is 218 Å². The van der Waals surface area contributed by atoms with Gasteiger partial charge in [0, 0.05) is 121 Å². The number of hydrogen-bond acceptors (Lipinski definition) is 12. The van der Waals surface area contributed by atoms with E-state index in [9.17, 15) is 15.8 Å². The third-order valence-corrected chi connectivity index (χ3v) is 29.1. The lowest BCUT2D eigenvalue weighted by atomic mass is 9.81. The summed E-state index contributed by atoms with van der Waals surface area (Å²) in [4.78, 5) is 43.9. The van der Waals surface area contributed by atoms with Crippen LogP contribution in [0.3, 0.4) is 0 Å². The van der Waals surface area contributed by atoms with Gasteiger partial charge in [0.05, 0.1) is 68.0 Å². The van der Waals surface area contributed by atoms with Gasteiger partial charge < -0.3 is 13.7 Å². The second-order valence-corrected chi connectivity index (χ2v) is 38.4. The van der Waals surface area contributed by atoms with E-state index >= 15 is 0 Å².